The van der Waals surface area contributed by atoms with Crippen LogP contribution in [-0.4, -0.2) is 17.9 Å². The first-order valence-electron chi connectivity index (χ1n) is 6.17. The molecule has 2 aliphatic rings. The van der Waals surface area contributed by atoms with Crippen molar-refractivity contribution in [2.75, 3.05) is 0 Å². The Hall–Kier alpha value is -1.35. The van der Waals surface area contributed by atoms with Gasteiger partial charge in [0.25, 0.3) is 0 Å². The van der Waals surface area contributed by atoms with Crippen LogP contribution in [0, 0.1) is 6.92 Å². The molecule has 0 aromatic heterocycles. The first-order valence-corrected chi connectivity index (χ1v) is 6.17. The molecular weight excluding hydrogens is 216 g/mol. The molecule has 3 rings (SSSR count). The van der Waals surface area contributed by atoms with Gasteiger partial charge in [-0.1, -0.05) is 24.1 Å². The van der Waals surface area contributed by atoms with Gasteiger partial charge in [0.05, 0.1) is 5.56 Å². The van der Waals surface area contributed by atoms with Crippen LogP contribution < -0.4 is 0 Å². The van der Waals surface area contributed by atoms with Crippen LogP contribution in [0.5, 0.6) is 0 Å². The number of carbonyl (C=O) groups excluding carboxylic acids is 1. The quantitative estimate of drug-likeness (QED) is 0.581. The van der Waals surface area contributed by atoms with Crippen LogP contribution in [0.15, 0.2) is 24.3 Å². The molecular formula is C14H16O3. The van der Waals surface area contributed by atoms with Gasteiger partial charge in [-0.3, -0.25) is 0 Å². The van der Waals surface area contributed by atoms with Gasteiger partial charge in [-0.2, -0.15) is 0 Å². The summed E-state index contributed by atoms with van der Waals surface area (Å²) in [5, 5.41) is 0. The molecule has 1 saturated heterocycles. The van der Waals surface area contributed by atoms with Crippen LogP contribution in [0.25, 0.3) is 0 Å². The second kappa shape index (κ2) is 3.84. The zero-order valence-electron chi connectivity index (χ0n) is 9.94. The summed E-state index contributed by atoms with van der Waals surface area (Å²) in [6.45, 7) is 2.00. The van der Waals surface area contributed by atoms with Crippen molar-refractivity contribution in [3.63, 3.8) is 0 Å². The van der Waals surface area contributed by atoms with E-state index in [1.165, 1.54) is 6.42 Å². The SMILES string of the molecule is Cc1ccc(C(=O)O[C@@]23CCCC[C@@H]2O3)cc1. The van der Waals surface area contributed by atoms with E-state index in [0.29, 0.717) is 5.56 Å². The zero-order valence-corrected chi connectivity index (χ0v) is 9.94. The van der Waals surface area contributed by atoms with Gasteiger partial charge in [-0.25, -0.2) is 4.79 Å². The van der Waals surface area contributed by atoms with Gasteiger partial charge >= 0.3 is 5.97 Å². The van der Waals surface area contributed by atoms with Crippen molar-refractivity contribution in [1.29, 1.82) is 0 Å². The number of esters is 1. The smallest absolute Gasteiger partial charge is 0.340 e. The molecule has 0 unspecified atom stereocenters. The molecule has 90 valence electrons. The molecule has 3 nitrogen and oxygen atoms in total. The fourth-order valence-electron chi connectivity index (χ4n) is 2.45. The Balaban J connectivity index is 1.70. The molecule has 1 aromatic carbocycles. The monoisotopic (exact) mass is 232 g/mol. The lowest BCUT2D eigenvalue weighted by molar-refractivity contribution is -0.0245. The normalized spacial score (nSPS) is 30.5. The summed E-state index contributed by atoms with van der Waals surface area (Å²) in [5.74, 6) is -0.852. The average Bonchev–Trinajstić information content (AvgIpc) is 3.03. The topological polar surface area (TPSA) is 38.8 Å². The maximum atomic E-state index is 12.0. The summed E-state index contributed by atoms with van der Waals surface area (Å²) in [6, 6.07) is 7.43. The lowest BCUT2D eigenvalue weighted by Gasteiger charge is -2.17. The van der Waals surface area contributed by atoms with Gasteiger partial charge in [0.15, 0.2) is 0 Å². The lowest BCUT2D eigenvalue weighted by Crippen LogP contribution is -2.26. The van der Waals surface area contributed by atoms with Gasteiger partial charge in [-0.15, -0.1) is 0 Å². The fraction of sp³-hybridized carbons (Fsp3) is 0.500. The lowest BCUT2D eigenvalue weighted by atomic mass is 9.98. The minimum atomic E-state index is -0.583. The van der Waals surface area contributed by atoms with E-state index in [4.69, 9.17) is 9.47 Å². The molecule has 3 heteroatoms. The summed E-state index contributed by atoms with van der Waals surface area (Å²) in [7, 11) is 0. The Kier molecular flexibility index (Phi) is 2.44. The van der Waals surface area contributed by atoms with E-state index in [-0.39, 0.29) is 12.1 Å². The third kappa shape index (κ3) is 1.95. The van der Waals surface area contributed by atoms with E-state index in [9.17, 15) is 4.79 Å². The Bertz CT molecular complexity index is 437. The number of rotatable bonds is 2. The Morgan fingerprint density at radius 1 is 1.35 bits per heavy atom. The molecule has 1 heterocycles. The van der Waals surface area contributed by atoms with Gasteiger partial charge < -0.3 is 9.47 Å². The van der Waals surface area contributed by atoms with Crippen LogP contribution in [0.1, 0.15) is 41.6 Å². The predicted molar refractivity (Wildman–Crippen MR) is 62.7 cm³/mol. The van der Waals surface area contributed by atoms with Crippen molar-refractivity contribution < 1.29 is 14.3 Å². The van der Waals surface area contributed by atoms with Crippen molar-refractivity contribution in [2.24, 2.45) is 0 Å². The molecule has 0 amide bonds. The molecule has 1 saturated carbocycles. The van der Waals surface area contributed by atoms with Crippen molar-refractivity contribution in [3.8, 4) is 0 Å². The average molecular weight is 232 g/mol. The van der Waals surface area contributed by atoms with Gasteiger partial charge in [0.2, 0.25) is 5.79 Å². The standard InChI is InChI=1S/C14H16O3/c1-10-5-7-11(8-6-10)13(15)17-14-9-3-2-4-12(14)16-14/h5-8,12H,2-4,9H2,1H3/t12-,14-/m0/s1. The molecule has 1 aromatic rings. The summed E-state index contributed by atoms with van der Waals surface area (Å²) in [6.07, 6.45) is 4.26. The summed E-state index contributed by atoms with van der Waals surface area (Å²) >= 11 is 0. The fourth-order valence-corrected chi connectivity index (χ4v) is 2.45. The molecule has 0 bridgehead atoms. The van der Waals surface area contributed by atoms with Crippen molar-refractivity contribution in [3.05, 3.63) is 35.4 Å². The van der Waals surface area contributed by atoms with Crippen molar-refractivity contribution in [1.82, 2.24) is 0 Å². The van der Waals surface area contributed by atoms with Crippen LogP contribution in [0.3, 0.4) is 0 Å². The highest BCUT2D eigenvalue weighted by Gasteiger charge is 2.61. The third-order valence-electron chi connectivity index (χ3n) is 3.57. The number of ether oxygens (including phenoxy) is 2. The molecule has 2 atom stereocenters. The number of aryl methyl sites for hydroxylation is 1. The van der Waals surface area contributed by atoms with Crippen LogP contribution >= 0.6 is 0 Å². The van der Waals surface area contributed by atoms with E-state index >= 15 is 0 Å². The molecule has 17 heavy (non-hydrogen) atoms. The first-order chi connectivity index (χ1) is 8.20. The maximum absolute atomic E-state index is 12.0. The highest BCUT2D eigenvalue weighted by molar-refractivity contribution is 5.89. The predicted octanol–water partition coefficient (Wildman–Crippen LogP) is 2.82. The third-order valence-corrected chi connectivity index (χ3v) is 3.57. The maximum Gasteiger partial charge on any atom is 0.340 e. The largest absolute Gasteiger partial charge is 0.427 e. The van der Waals surface area contributed by atoms with Gasteiger partial charge in [0.1, 0.15) is 6.10 Å². The molecule has 0 N–H and O–H groups in total. The Morgan fingerprint density at radius 2 is 2.12 bits per heavy atom. The Morgan fingerprint density at radius 3 is 2.82 bits per heavy atom. The minimum Gasteiger partial charge on any atom is -0.427 e. The van der Waals surface area contributed by atoms with E-state index in [2.05, 4.69) is 0 Å². The van der Waals surface area contributed by atoms with E-state index in [1.807, 2.05) is 19.1 Å². The number of hydrogen-bond acceptors (Lipinski definition) is 3. The zero-order chi connectivity index (χ0) is 11.9. The molecule has 1 aliphatic heterocycles. The van der Waals surface area contributed by atoms with Crippen molar-refractivity contribution in [2.45, 2.75) is 44.5 Å². The van der Waals surface area contributed by atoms with Gasteiger partial charge in [0, 0.05) is 6.42 Å². The van der Waals surface area contributed by atoms with E-state index in [1.54, 1.807) is 12.1 Å². The van der Waals surface area contributed by atoms with Crippen LogP contribution in [0.4, 0.5) is 0 Å². The highest BCUT2D eigenvalue weighted by atomic mass is 16.8. The van der Waals surface area contributed by atoms with Gasteiger partial charge in [-0.05, 0) is 31.9 Å². The minimum absolute atomic E-state index is 0.144. The first kappa shape index (κ1) is 10.8. The van der Waals surface area contributed by atoms with Crippen LogP contribution in [-0.2, 0) is 9.47 Å². The van der Waals surface area contributed by atoms with Crippen LogP contribution in [0.2, 0.25) is 0 Å². The second-order valence-electron chi connectivity index (χ2n) is 4.92. The molecule has 0 spiro atoms. The molecule has 2 fully saturated rings. The second-order valence-corrected chi connectivity index (χ2v) is 4.92. The summed E-state index contributed by atoms with van der Waals surface area (Å²) < 4.78 is 11.1. The van der Waals surface area contributed by atoms with E-state index in [0.717, 1.165) is 24.8 Å². The molecule has 0 radical (unpaired) electrons. The highest BCUT2D eigenvalue weighted by Crippen LogP contribution is 2.48. The van der Waals surface area contributed by atoms with E-state index < -0.39 is 5.79 Å². The number of hydrogen-bond donors (Lipinski definition) is 0. The summed E-state index contributed by atoms with van der Waals surface area (Å²) in [5.41, 5.74) is 1.74. The number of carbonyl (C=O) groups is 1. The molecule has 1 aliphatic carbocycles. The Labute approximate surface area is 101 Å². The summed E-state index contributed by atoms with van der Waals surface area (Å²) in [4.78, 5) is 12.0. The number of benzene rings is 1. The number of epoxide rings is 1. The van der Waals surface area contributed by atoms with Crippen molar-refractivity contribution >= 4 is 5.97 Å². The number of fused-ring (bicyclic) bond motifs is 1.